The van der Waals surface area contributed by atoms with E-state index < -0.39 is 30.1 Å². The van der Waals surface area contributed by atoms with Crippen LogP contribution in [-0.4, -0.2) is 41.8 Å². The Morgan fingerprint density at radius 2 is 1.71 bits per heavy atom. The number of hydrogen-bond donors (Lipinski definition) is 3. The fourth-order valence-electron chi connectivity index (χ4n) is 4.92. The molecule has 3 atom stereocenters. The van der Waals surface area contributed by atoms with Crippen molar-refractivity contribution in [2.24, 2.45) is 5.92 Å². The van der Waals surface area contributed by atoms with Crippen molar-refractivity contribution in [3.05, 3.63) is 59.7 Å². The molecular weight excluding hydrogens is 432 g/mol. The van der Waals surface area contributed by atoms with Crippen molar-refractivity contribution in [2.45, 2.75) is 50.6 Å². The predicted molar refractivity (Wildman–Crippen MR) is 127 cm³/mol. The van der Waals surface area contributed by atoms with E-state index in [2.05, 4.69) is 46.7 Å². The van der Waals surface area contributed by atoms with Gasteiger partial charge in [-0.3, -0.25) is 4.79 Å². The number of carboxylic acids is 1. The molecule has 0 aromatic heterocycles. The molecule has 2 amide bonds. The summed E-state index contributed by atoms with van der Waals surface area (Å²) in [7, 11) is 0. The van der Waals surface area contributed by atoms with Crippen molar-refractivity contribution in [3.8, 4) is 23.0 Å². The van der Waals surface area contributed by atoms with Crippen LogP contribution in [0.4, 0.5) is 4.79 Å². The van der Waals surface area contributed by atoms with Gasteiger partial charge in [0.2, 0.25) is 5.91 Å². The Balaban J connectivity index is 1.36. The molecule has 0 heterocycles. The van der Waals surface area contributed by atoms with E-state index in [9.17, 15) is 19.5 Å². The number of carboxylic acid groups (broad SMARTS) is 1. The first-order valence-corrected chi connectivity index (χ1v) is 11.5. The third-order valence-electron chi connectivity index (χ3n) is 6.60. The van der Waals surface area contributed by atoms with E-state index in [4.69, 9.17) is 4.74 Å². The summed E-state index contributed by atoms with van der Waals surface area (Å²) in [5.41, 5.74) is 4.56. The quantitative estimate of drug-likeness (QED) is 0.547. The number of benzene rings is 2. The third-order valence-corrected chi connectivity index (χ3v) is 6.60. The Kier molecular flexibility index (Phi) is 7.17. The van der Waals surface area contributed by atoms with Gasteiger partial charge in [-0.2, -0.15) is 0 Å². The summed E-state index contributed by atoms with van der Waals surface area (Å²) < 4.78 is 5.61. The fourth-order valence-corrected chi connectivity index (χ4v) is 4.92. The van der Waals surface area contributed by atoms with Crippen LogP contribution >= 0.6 is 0 Å². The van der Waals surface area contributed by atoms with Crippen LogP contribution in [0.15, 0.2) is 48.5 Å². The van der Waals surface area contributed by atoms with Gasteiger partial charge in [0.25, 0.3) is 0 Å². The molecule has 2 aliphatic carbocycles. The molecule has 2 aliphatic rings. The first-order chi connectivity index (χ1) is 16.5. The minimum absolute atomic E-state index is 0.0365. The first kappa shape index (κ1) is 23.4. The Morgan fingerprint density at radius 3 is 2.32 bits per heavy atom. The maximum atomic E-state index is 12.7. The standard InChI is InChI=1S/C27H28N2O5/c1-2-3-14-24(26(31)32)28-25(30)21-13-8-15-23(21)29-27(33)34-16-22-19-11-6-4-9-17(19)18-10-5-7-12-20(18)22/h4-7,9-12,21-24H,8,13-16H2,1H3,(H,28,30)(H,29,33)(H,31,32)/t21-,23+,24?/m0/s1. The first-order valence-electron chi connectivity index (χ1n) is 11.5. The van der Waals surface area contributed by atoms with Crippen LogP contribution in [-0.2, 0) is 14.3 Å². The number of alkyl carbamates (subject to hydrolysis) is 1. The van der Waals surface area contributed by atoms with E-state index in [-0.39, 0.29) is 24.9 Å². The summed E-state index contributed by atoms with van der Waals surface area (Å²) in [6, 6.07) is 14.8. The number of aliphatic carboxylic acids is 1. The van der Waals surface area contributed by atoms with Gasteiger partial charge in [-0.25, -0.2) is 9.59 Å². The molecule has 1 unspecified atom stereocenters. The zero-order chi connectivity index (χ0) is 24.1. The highest BCUT2D eigenvalue weighted by molar-refractivity contribution is 5.86. The minimum Gasteiger partial charge on any atom is -0.480 e. The van der Waals surface area contributed by atoms with Gasteiger partial charge in [-0.1, -0.05) is 55.0 Å². The van der Waals surface area contributed by atoms with Crippen molar-refractivity contribution in [2.75, 3.05) is 6.61 Å². The smallest absolute Gasteiger partial charge is 0.407 e. The summed E-state index contributed by atoms with van der Waals surface area (Å²) in [5, 5.41) is 14.7. The maximum Gasteiger partial charge on any atom is 0.407 e. The molecule has 1 fully saturated rings. The van der Waals surface area contributed by atoms with Crippen molar-refractivity contribution < 1.29 is 24.2 Å². The number of fused-ring (bicyclic) bond motifs is 3. The summed E-state index contributed by atoms with van der Waals surface area (Å²) in [6.07, 6.45) is 1.44. The van der Waals surface area contributed by atoms with Crippen LogP contribution < -0.4 is 10.6 Å². The third kappa shape index (κ3) is 4.91. The summed E-state index contributed by atoms with van der Waals surface area (Å²) in [5.74, 6) is 3.27. The second-order valence-corrected chi connectivity index (χ2v) is 8.64. The van der Waals surface area contributed by atoms with E-state index >= 15 is 0 Å². The van der Waals surface area contributed by atoms with Gasteiger partial charge in [0, 0.05) is 18.4 Å². The number of nitrogens with one attached hydrogen (secondary N) is 2. The van der Waals surface area contributed by atoms with Crippen LogP contribution in [0.1, 0.15) is 49.7 Å². The van der Waals surface area contributed by atoms with Crippen LogP contribution in [0.3, 0.4) is 0 Å². The number of ether oxygens (including phenoxy) is 1. The van der Waals surface area contributed by atoms with Crippen LogP contribution in [0.25, 0.3) is 11.1 Å². The lowest BCUT2D eigenvalue weighted by atomic mass is 9.98. The average Bonchev–Trinajstić information content (AvgIpc) is 3.42. The molecule has 2 aromatic rings. The number of hydrogen-bond acceptors (Lipinski definition) is 4. The Labute approximate surface area is 198 Å². The van der Waals surface area contributed by atoms with Crippen molar-refractivity contribution in [3.63, 3.8) is 0 Å². The summed E-state index contributed by atoms with van der Waals surface area (Å²) >= 11 is 0. The Morgan fingerprint density at radius 1 is 1.06 bits per heavy atom. The molecule has 2 aromatic carbocycles. The van der Waals surface area contributed by atoms with Crippen LogP contribution in [0.5, 0.6) is 0 Å². The van der Waals surface area contributed by atoms with Crippen molar-refractivity contribution >= 4 is 18.0 Å². The van der Waals surface area contributed by atoms with E-state index in [1.165, 1.54) is 0 Å². The van der Waals surface area contributed by atoms with E-state index in [0.29, 0.717) is 12.8 Å². The highest BCUT2D eigenvalue weighted by Gasteiger charge is 2.36. The van der Waals surface area contributed by atoms with Crippen LogP contribution in [0, 0.1) is 17.8 Å². The molecule has 7 heteroatoms. The molecule has 1 saturated carbocycles. The highest BCUT2D eigenvalue weighted by Crippen LogP contribution is 2.44. The number of carbonyl (C=O) groups is 3. The summed E-state index contributed by atoms with van der Waals surface area (Å²) in [6.45, 7) is 1.81. The number of carbonyl (C=O) groups excluding carboxylic acids is 2. The van der Waals surface area contributed by atoms with Gasteiger partial charge in [0.15, 0.2) is 0 Å². The van der Waals surface area contributed by atoms with Gasteiger partial charge < -0.3 is 20.5 Å². The topological polar surface area (TPSA) is 105 Å². The van der Waals surface area contributed by atoms with E-state index in [1.807, 2.05) is 24.3 Å². The van der Waals surface area contributed by atoms with Crippen molar-refractivity contribution in [1.29, 1.82) is 0 Å². The maximum absolute atomic E-state index is 12.7. The molecule has 0 radical (unpaired) electrons. The normalized spacial score (nSPS) is 19.2. The average molecular weight is 461 g/mol. The minimum atomic E-state index is -1.13. The van der Waals surface area contributed by atoms with E-state index in [0.717, 1.165) is 28.7 Å². The molecule has 0 bridgehead atoms. The second kappa shape index (κ2) is 10.4. The largest absolute Gasteiger partial charge is 0.480 e. The lowest BCUT2D eigenvalue weighted by Gasteiger charge is -2.22. The van der Waals surface area contributed by atoms with Gasteiger partial charge in [-0.05, 0) is 42.0 Å². The Hall–Kier alpha value is -3.79. The van der Waals surface area contributed by atoms with Gasteiger partial charge in [0.05, 0.1) is 5.92 Å². The number of rotatable bonds is 7. The van der Waals surface area contributed by atoms with Gasteiger partial charge >= 0.3 is 12.1 Å². The number of amides is 2. The fraction of sp³-hybridized carbons (Fsp3) is 0.370. The predicted octanol–water partition coefficient (Wildman–Crippen LogP) is 3.68. The van der Waals surface area contributed by atoms with Gasteiger partial charge in [0.1, 0.15) is 12.6 Å². The SMILES string of the molecule is CC#CCC(NC(=O)[C@H]1CCC[C@H]1NC(=O)OCC1c2ccccc2-c2ccccc21)C(=O)O. The molecule has 3 N–H and O–H groups in total. The lowest BCUT2D eigenvalue weighted by molar-refractivity contribution is -0.142. The monoisotopic (exact) mass is 460 g/mol. The zero-order valence-corrected chi connectivity index (χ0v) is 19.0. The van der Waals surface area contributed by atoms with Crippen LogP contribution in [0.2, 0.25) is 0 Å². The molecular formula is C27H28N2O5. The molecule has 0 aliphatic heterocycles. The highest BCUT2D eigenvalue weighted by atomic mass is 16.5. The molecule has 0 saturated heterocycles. The molecule has 0 spiro atoms. The Bertz CT molecular complexity index is 1100. The molecule has 7 nitrogen and oxygen atoms in total. The second-order valence-electron chi connectivity index (χ2n) is 8.64. The molecule has 4 rings (SSSR count). The zero-order valence-electron chi connectivity index (χ0n) is 19.0. The van der Waals surface area contributed by atoms with Gasteiger partial charge in [-0.15, -0.1) is 11.8 Å². The van der Waals surface area contributed by atoms with Crippen molar-refractivity contribution in [1.82, 2.24) is 10.6 Å². The molecule has 176 valence electrons. The molecule has 34 heavy (non-hydrogen) atoms. The summed E-state index contributed by atoms with van der Waals surface area (Å²) in [4.78, 5) is 36.8. The van der Waals surface area contributed by atoms with E-state index in [1.54, 1.807) is 6.92 Å². The lowest BCUT2D eigenvalue weighted by Crippen LogP contribution is -2.48.